The fourth-order valence-corrected chi connectivity index (χ4v) is 2.14. The van der Waals surface area contributed by atoms with E-state index in [-0.39, 0.29) is 12.7 Å². The van der Waals surface area contributed by atoms with Crippen LogP contribution in [0.15, 0.2) is 48.5 Å². The van der Waals surface area contributed by atoms with E-state index in [9.17, 15) is 4.79 Å². The van der Waals surface area contributed by atoms with Gasteiger partial charge in [-0.15, -0.1) is 0 Å². The van der Waals surface area contributed by atoms with Gasteiger partial charge >= 0.3 is 0 Å². The zero-order chi connectivity index (χ0) is 15.4. The summed E-state index contributed by atoms with van der Waals surface area (Å²) in [5, 5.41) is 2.86. The maximum absolute atomic E-state index is 11.8. The van der Waals surface area contributed by atoms with Crippen molar-refractivity contribution in [3.63, 3.8) is 0 Å². The number of hydrogen-bond donors (Lipinski definition) is 1. The summed E-state index contributed by atoms with van der Waals surface area (Å²) in [5.41, 5.74) is 3.18. The highest BCUT2D eigenvalue weighted by Gasteiger charge is 2.12. The molecule has 0 aromatic heterocycles. The van der Waals surface area contributed by atoms with Crippen molar-refractivity contribution in [2.24, 2.45) is 0 Å². The Morgan fingerprint density at radius 2 is 1.91 bits per heavy atom. The van der Waals surface area contributed by atoms with E-state index in [1.165, 1.54) is 11.6 Å². The first-order chi connectivity index (χ1) is 10.7. The summed E-state index contributed by atoms with van der Waals surface area (Å²) in [6.07, 6.45) is 3.28. The molecular formula is C18H17NO3. The number of amides is 1. The van der Waals surface area contributed by atoms with Crippen LogP contribution >= 0.6 is 0 Å². The van der Waals surface area contributed by atoms with Crippen molar-refractivity contribution in [3.8, 4) is 11.5 Å². The third kappa shape index (κ3) is 3.47. The lowest BCUT2D eigenvalue weighted by atomic mass is 10.1. The molecule has 2 aromatic carbocycles. The number of rotatable bonds is 4. The number of nitrogens with one attached hydrogen (secondary N) is 1. The molecule has 0 radical (unpaired) electrons. The van der Waals surface area contributed by atoms with Crippen molar-refractivity contribution in [2.45, 2.75) is 13.5 Å². The number of benzene rings is 2. The van der Waals surface area contributed by atoms with Gasteiger partial charge in [0.1, 0.15) is 0 Å². The van der Waals surface area contributed by atoms with Gasteiger partial charge in [-0.25, -0.2) is 0 Å². The van der Waals surface area contributed by atoms with E-state index >= 15 is 0 Å². The minimum absolute atomic E-state index is 0.127. The van der Waals surface area contributed by atoms with E-state index in [0.29, 0.717) is 12.3 Å². The van der Waals surface area contributed by atoms with Crippen LogP contribution in [0.4, 0.5) is 0 Å². The summed E-state index contributed by atoms with van der Waals surface area (Å²) in [6.45, 7) is 2.81. The lowest BCUT2D eigenvalue weighted by Crippen LogP contribution is -2.20. The van der Waals surface area contributed by atoms with Gasteiger partial charge in [-0.1, -0.05) is 35.9 Å². The number of carbonyl (C=O) groups is 1. The van der Waals surface area contributed by atoms with Gasteiger partial charge in [0.2, 0.25) is 12.7 Å². The van der Waals surface area contributed by atoms with E-state index in [2.05, 4.69) is 5.32 Å². The SMILES string of the molecule is Cc1ccc(CNC(=O)/C=C/c2ccc3c(c2)OCO3)cc1. The minimum atomic E-state index is -0.127. The first kappa shape index (κ1) is 14.2. The number of fused-ring (bicyclic) bond motifs is 1. The molecule has 22 heavy (non-hydrogen) atoms. The van der Waals surface area contributed by atoms with Crippen molar-refractivity contribution >= 4 is 12.0 Å². The van der Waals surface area contributed by atoms with Crippen molar-refractivity contribution < 1.29 is 14.3 Å². The van der Waals surface area contributed by atoms with Crippen molar-refractivity contribution in [3.05, 3.63) is 65.2 Å². The van der Waals surface area contributed by atoms with Crippen LogP contribution < -0.4 is 14.8 Å². The molecule has 1 N–H and O–H groups in total. The van der Waals surface area contributed by atoms with Crippen molar-refractivity contribution in [2.75, 3.05) is 6.79 Å². The molecule has 4 heteroatoms. The maximum atomic E-state index is 11.8. The Morgan fingerprint density at radius 3 is 2.73 bits per heavy atom. The summed E-state index contributed by atoms with van der Waals surface area (Å²) >= 11 is 0. The number of hydrogen-bond acceptors (Lipinski definition) is 3. The van der Waals surface area contributed by atoms with Gasteiger partial charge in [0.25, 0.3) is 0 Å². The third-order valence-corrected chi connectivity index (χ3v) is 3.41. The van der Waals surface area contributed by atoms with Gasteiger partial charge in [0.15, 0.2) is 11.5 Å². The predicted molar refractivity (Wildman–Crippen MR) is 84.6 cm³/mol. The molecule has 1 amide bonds. The van der Waals surface area contributed by atoms with E-state index in [4.69, 9.17) is 9.47 Å². The molecule has 0 saturated carbocycles. The van der Waals surface area contributed by atoms with Crippen LogP contribution in [0, 0.1) is 6.92 Å². The Balaban J connectivity index is 1.56. The standard InChI is InChI=1S/C18H17NO3/c1-13-2-4-15(5-3-13)11-19-18(20)9-7-14-6-8-16-17(10-14)22-12-21-16/h2-10H,11-12H2,1H3,(H,19,20)/b9-7+. The normalized spacial score (nSPS) is 12.6. The Bertz CT molecular complexity index is 705. The highest BCUT2D eigenvalue weighted by atomic mass is 16.7. The summed E-state index contributed by atoms with van der Waals surface area (Å²) in [5.74, 6) is 1.32. The fraction of sp³-hybridized carbons (Fsp3) is 0.167. The second-order valence-electron chi connectivity index (χ2n) is 5.15. The van der Waals surface area contributed by atoms with Gasteiger partial charge in [0, 0.05) is 12.6 Å². The van der Waals surface area contributed by atoms with Crippen molar-refractivity contribution in [1.82, 2.24) is 5.32 Å². The smallest absolute Gasteiger partial charge is 0.244 e. The van der Waals surface area contributed by atoms with Gasteiger partial charge in [-0.2, -0.15) is 0 Å². The average molecular weight is 295 g/mol. The number of carbonyl (C=O) groups excluding carboxylic acids is 1. The molecule has 0 saturated heterocycles. The van der Waals surface area contributed by atoms with Crippen LogP contribution in [-0.2, 0) is 11.3 Å². The molecule has 1 aliphatic rings. The predicted octanol–water partition coefficient (Wildman–Crippen LogP) is 3.05. The fourth-order valence-electron chi connectivity index (χ4n) is 2.14. The van der Waals surface area contributed by atoms with Crippen LogP contribution in [0.1, 0.15) is 16.7 Å². The molecule has 0 unspecified atom stereocenters. The van der Waals surface area contributed by atoms with E-state index < -0.39 is 0 Å². The first-order valence-electron chi connectivity index (χ1n) is 7.12. The van der Waals surface area contributed by atoms with Crippen LogP contribution in [-0.4, -0.2) is 12.7 Å². The van der Waals surface area contributed by atoms with Gasteiger partial charge in [-0.05, 0) is 36.3 Å². The highest BCUT2D eigenvalue weighted by Crippen LogP contribution is 2.32. The van der Waals surface area contributed by atoms with Crippen molar-refractivity contribution in [1.29, 1.82) is 0 Å². The van der Waals surface area contributed by atoms with Crippen LogP contribution in [0.25, 0.3) is 6.08 Å². The lowest BCUT2D eigenvalue weighted by molar-refractivity contribution is -0.116. The maximum Gasteiger partial charge on any atom is 0.244 e. The van der Waals surface area contributed by atoms with Crippen LogP contribution in [0.2, 0.25) is 0 Å². The second-order valence-corrected chi connectivity index (χ2v) is 5.15. The summed E-state index contributed by atoms with van der Waals surface area (Å²) in [7, 11) is 0. The highest BCUT2D eigenvalue weighted by molar-refractivity contribution is 5.91. The Morgan fingerprint density at radius 1 is 1.14 bits per heavy atom. The zero-order valence-corrected chi connectivity index (χ0v) is 12.3. The summed E-state index contributed by atoms with van der Waals surface area (Å²) in [6, 6.07) is 13.7. The molecule has 1 heterocycles. The molecule has 112 valence electrons. The molecule has 0 bridgehead atoms. The average Bonchev–Trinajstić information content (AvgIpc) is 3.00. The molecular weight excluding hydrogens is 278 g/mol. The molecule has 0 spiro atoms. The molecule has 0 fully saturated rings. The summed E-state index contributed by atoms with van der Waals surface area (Å²) < 4.78 is 10.6. The molecule has 0 atom stereocenters. The molecule has 0 aliphatic carbocycles. The van der Waals surface area contributed by atoms with E-state index in [0.717, 1.165) is 16.9 Å². The number of aryl methyl sites for hydroxylation is 1. The Kier molecular flexibility index (Phi) is 4.10. The molecule has 1 aliphatic heterocycles. The third-order valence-electron chi connectivity index (χ3n) is 3.41. The topological polar surface area (TPSA) is 47.6 Å². The first-order valence-corrected chi connectivity index (χ1v) is 7.12. The van der Waals surface area contributed by atoms with Gasteiger partial charge in [0.05, 0.1) is 0 Å². The zero-order valence-electron chi connectivity index (χ0n) is 12.3. The monoisotopic (exact) mass is 295 g/mol. The largest absolute Gasteiger partial charge is 0.454 e. The van der Waals surface area contributed by atoms with Gasteiger partial charge < -0.3 is 14.8 Å². The molecule has 2 aromatic rings. The number of ether oxygens (including phenoxy) is 2. The molecule has 3 rings (SSSR count). The minimum Gasteiger partial charge on any atom is -0.454 e. The Labute approximate surface area is 129 Å². The Hall–Kier alpha value is -2.75. The van der Waals surface area contributed by atoms with Crippen LogP contribution in [0.3, 0.4) is 0 Å². The molecule has 4 nitrogen and oxygen atoms in total. The van der Waals surface area contributed by atoms with Crippen LogP contribution in [0.5, 0.6) is 11.5 Å². The van der Waals surface area contributed by atoms with E-state index in [1.54, 1.807) is 6.08 Å². The quantitative estimate of drug-likeness (QED) is 0.882. The lowest BCUT2D eigenvalue weighted by Gasteiger charge is -2.03. The van der Waals surface area contributed by atoms with Gasteiger partial charge in [-0.3, -0.25) is 4.79 Å². The summed E-state index contributed by atoms with van der Waals surface area (Å²) in [4.78, 5) is 11.8. The van der Waals surface area contributed by atoms with E-state index in [1.807, 2.05) is 49.4 Å². The second kappa shape index (κ2) is 6.35.